The Labute approximate surface area is 150 Å². The highest BCUT2D eigenvalue weighted by Gasteiger charge is 2.32. The third-order valence-electron chi connectivity index (χ3n) is 3.77. The van der Waals surface area contributed by atoms with Gasteiger partial charge in [-0.15, -0.1) is 0 Å². The van der Waals surface area contributed by atoms with Crippen LogP contribution in [0, 0.1) is 0 Å². The van der Waals surface area contributed by atoms with E-state index in [1.807, 2.05) is 14.1 Å². The van der Waals surface area contributed by atoms with Gasteiger partial charge in [-0.25, -0.2) is 4.98 Å². The smallest absolute Gasteiger partial charge is 0.231 e. The molecule has 7 heteroatoms. The first kappa shape index (κ1) is 17.4. The van der Waals surface area contributed by atoms with Crippen molar-refractivity contribution in [1.82, 2.24) is 15.2 Å². The van der Waals surface area contributed by atoms with Gasteiger partial charge in [0.2, 0.25) is 23.2 Å². The number of hydrogen-bond donors (Lipinski definition) is 1. The molecule has 0 amide bonds. The molecular formula is C18H18ClN3O3. The third kappa shape index (κ3) is 3.81. The van der Waals surface area contributed by atoms with Crippen molar-refractivity contribution in [2.24, 2.45) is 0 Å². The number of benzene rings is 1. The number of nitrogens with zero attached hydrogens (tertiary/aromatic N) is 2. The zero-order valence-corrected chi connectivity index (χ0v) is 14.8. The van der Waals surface area contributed by atoms with Crippen LogP contribution in [0.2, 0.25) is 5.02 Å². The molecular weight excluding hydrogens is 342 g/mol. The topological polar surface area (TPSA) is 75.4 Å². The van der Waals surface area contributed by atoms with Gasteiger partial charge in [-0.05, 0) is 51.3 Å². The zero-order valence-electron chi connectivity index (χ0n) is 14.0. The van der Waals surface area contributed by atoms with Gasteiger partial charge in [0, 0.05) is 23.2 Å². The van der Waals surface area contributed by atoms with Crippen LogP contribution in [0.4, 0.5) is 0 Å². The van der Waals surface area contributed by atoms with Crippen molar-refractivity contribution in [2.45, 2.75) is 6.42 Å². The Balaban J connectivity index is 1.78. The lowest BCUT2D eigenvalue weighted by molar-refractivity contribution is 0.0960. The number of carbonyl (C=O) groups excluding carboxylic acids is 2. The summed E-state index contributed by atoms with van der Waals surface area (Å²) in [6, 6.07) is 6.84. The quantitative estimate of drug-likeness (QED) is 0.799. The SMILES string of the molecule is CN(C)CCCNC1=CC(=O)c2oc(-c3ccc(Cl)cc3)nc2C1=O. The fourth-order valence-electron chi connectivity index (χ4n) is 2.50. The average Bonchev–Trinajstić information content (AvgIpc) is 3.02. The van der Waals surface area contributed by atoms with Crippen LogP contribution in [0.25, 0.3) is 11.5 Å². The van der Waals surface area contributed by atoms with Crippen LogP contribution < -0.4 is 5.32 Å². The van der Waals surface area contributed by atoms with Gasteiger partial charge >= 0.3 is 0 Å². The summed E-state index contributed by atoms with van der Waals surface area (Å²) >= 11 is 5.87. The van der Waals surface area contributed by atoms with Crippen LogP contribution in [0.3, 0.4) is 0 Å². The van der Waals surface area contributed by atoms with E-state index in [2.05, 4.69) is 15.2 Å². The maximum atomic E-state index is 12.6. The summed E-state index contributed by atoms with van der Waals surface area (Å²) in [6.45, 7) is 1.48. The van der Waals surface area contributed by atoms with Crippen molar-refractivity contribution in [3.63, 3.8) is 0 Å². The number of ketones is 2. The monoisotopic (exact) mass is 359 g/mol. The summed E-state index contributed by atoms with van der Waals surface area (Å²) in [7, 11) is 3.96. The Bertz CT molecular complexity index is 838. The van der Waals surface area contributed by atoms with E-state index in [4.69, 9.17) is 16.0 Å². The molecule has 0 fully saturated rings. The molecule has 0 radical (unpaired) electrons. The predicted molar refractivity (Wildman–Crippen MR) is 94.9 cm³/mol. The number of carbonyl (C=O) groups is 2. The first-order valence-corrected chi connectivity index (χ1v) is 8.29. The predicted octanol–water partition coefficient (Wildman–Crippen LogP) is 2.80. The van der Waals surface area contributed by atoms with Gasteiger partial charge in [0.25, 0.3) is 0 Å². The maximum Gasteiger partial charge on any atom is 0.231 e. The first-order chi connectivity index (χ1) is 12.0. The molecule has 1 aliphatic rings. The minimum Gasteiger partial charge on any atom is -0.432 e. The molecule has 1 aromatic carbocycles. The van der Waals surface area contributed by atoms with Gasteiger partial charge in [-0.3, -0.25) is 9.59 Å². The number of allylic oxidation sites excluding steroid dienone is 2. The van der Waals surface area contributed by atoms with Crippen molar-refractivity contribution < 1.29 is 14.0 Å². The molecule has 3 rings (SSSR count). The van der Waals surface area contributed by atoms with Gasteiger partial charge in [-0.1, -0.05) is 11.6 Å². The summed E-state index contributed by atoms with van der Waals surface area (Å²) in [5, 5.41) is 3.60. The summed E-state index contributed by atoms with van der Waals surface area (Å²) in [6.07, 6.45) is 2.13. The van der Waals surface area contributed by atoms with Gasteiger partial charge < -0.3 is 14.6 Å². The molecule has 0 bridgehead atoms. The van der Waals surface area contributed by atoms with E-state index in [0.29, 0.717) is 17.1 Å². The molecule has 0 unspecified atom stereocenters. The first-order valence-electron chi connectivity index (χ1n) is 7.92. The second-order valence-electron chi connectivity index (χ2n) is 6.04. The number of oxazole rings is 1. The van der Waals surface area contributed by atoms with Crippen molar-refractivity contribution in [3.8, 4) is 11.5 Å². The van der Waals surface area contributed by atoms with E-state index in [1.54, 1.807) is 24.3 Å². The van der Waals surface area contributed by atoms with Gasteiger partial charge in [-0.2, -0.15) is 0 Å². The van der Waals surface area contributed by atoms with Crippen LogP contribution in [0.15, 0.2) is 40.5 Å². The fraction of sp³-hybridized carbons (Fsp3) is 0.278. The highest BCUT2D eigenvalue weighted by Crippen LogP contribution is 2.27. The van der Waals surface area contributed by atoms with Crippen molar-refractivity contribution in [2.75, 3.05) is 27.2 Å². The molecule has 1 aliphatic carbocycles. The standard InChI is InChI=1S/C18H18ClN3O3/c1-22(2)9-3-8-20-13-10-14(23)17-15(16(13)24)21-18(25-17)11-4-6-12(19)7-5-11/h4-7,10,20H,3,8-9H2,1-2H3. The Hall–Kier alpha value is -2.44. The van der Waals surface area contributed by atoms with Crippen LogP contribution in [-0.2, 0) is 0 Å². The molecule has 1 N–H and O–H groups in total. The molecule has 0 aliphatic heterocycles. The minimum atomic E-state index is -0.363. The second-order valence-corrected chi connectivity index (χ2v) is 6.48. The van der Waals surface area contributed by atoms with Crippen LogP contribution in [0.1, 0.15) is 27.5 Å². The molecule has 0 saturated heterocycles. The number of Topliss-reactive ketones (excluding diaryl/α,β-unsaturated/α-hetero) is 1. The number of rotatable bonds is 6. The molecule has 25 heavy (non-hydrogen) atoms. The highest BCUT2D eigenvalue weighted by atomic mass is 35.5. The van der Waals surface area contributed by atoms with Crippen molar-refractivity contribution in [1.29, 1.82) is 0 Å². The number of nitrogens with one attached hydrogen (secondary N) is 1. The van der Waals surface area contributed by atoms with E-state index < -0.39 is 0 Å². The van der Waals surface area contributed by atoms with E-state index >= 15 is 0 Å². The van der Waals surface area contributed by atoms with Gasteiger partial charge in [0.05, 0.1) is 5.70 Å². The highest BCUT2D eigenvalue weighted by molar-refractivity contribution is 6.30. The Kier molecular flexibility index (Phi) is 5.01. The van der Waals surface area contributed by atoms with Crippen LogP contribution >= 0.6 is 11.6 Å². The largest absolute Gasteiger partial charge is 0.432 e. The van der Waals surface area contributed by atoms with E-state index in [1.165, 1.54) is 6.08 Å². The summed E-state index contributed by atoms with van der Waals surface area (Å²) in [5.74, 6) is -0.486. The average molecular weight is 360 g/mol. The Morgan fingerprint density at radius 3 is 2.60 bits per heavy atom. The van der Waals surface area contributed by atoms with Crippen LogP contribution in [-0.4, -0.2) is 48.6 Å². The van der Waals surface area contributed by atoms with Crippen molar-refractivity contribution in [3.05, 3.63) is 52.5 Å². The lowest BCUT2D eigenvalue weighted by atomic mass is 10.0. The lowest BCUT2D eigenvalue weighted by Gasteiger charge is -2.13. The molecule has 6 nitrogen and oxygen atoms in total. The molecule has 0 saturated carbocycles. The maximum absolute atomic E-state index is 12.6. The lowest BCUT2D eigenvalue weighted by Crippen LogP contribution is -2.28. The minimum absolute atomic E-state index is 0.0196. The third-order valence-corrected chi connectivity index (χ3v) is 4.03. The second kappa shape index (κ2) is 7.21. The van der Waals surface area contributed by atoms with E-state index in [-0.39, 0.29) is 34.6 Å². The van der Waals surface area contributed by atoms with Crippen molar-refractivity contribution >= 4 is 23.2 Å². The van der Waals surface area contributed by atoms with E-state index in [9.17, 15) is 9.59 Å². The van der Waals surface area contributed by atoms with E-state index in [0.717, 1.165) is 13.0 Å². The fourth-order valence-corrected chi connectivity index (χ4v) is 2.62. The zero-order chi connectivity index (χ0) is 18.0. The van der Waals surface area contributed by atoms with Gasteiger partial charge in [0.15, 0.2) is 5.69 Å². The summed E-state index contributed by atoms with van der Waals surface area (Å²) < 4.78 is 5.52. The Morgan fingerprint density at radius 1 is 1.20 bits per heavy atom. The normalized spacial score (nSPS) is 13.8. The number of hydrogen-bond acceptors (Lipinski definition) is 6. The molecule has 2 aromatic rings. The number of halogens is 1. The van der Waals surface area contributed by atoms with Gasteiger partial charge in [0.1, 0.15) is 0 Å². The van der Waals surface area contributed by atoms with Crippen LogP contribution in [0.5, 0.6) is 0 Å². The molecule has 0 spiro atoms. The molecule has 1 heterocycles. The summed E-state index contributed by atoms with van der Waals surface area (Å²) in [4.78, 5) is 31.1. The number of fused-ring (bicyclic) bond motifs is 1. The number of aromatic nitrogens is 1. The Morgan fingerprint density at radius 2 is 1.92 bits per heavy atom. The molecule has 0 atom stereocenters. The summed E-state index contributed by atoms with van der Waals surface area (Å²) in [5.41, 5.74) is 0.958. The molecule has 130 valence electrons. The molecule has 1 aromatic heterocycles.